The van der Waals surface area contributed by atoms with E-state index in [1.54, 1.807) is 47.7 Å². The van der Waals surface area contributed by atoms with E-state index < -0.39 is 114 Å². The van der Waals surface area contributed by atoms with Crippen LogP contribution >= 0.6 is 11.8 Å². The number of cyclic esters (lactones) is 1. The molecule has 5 rings (SSSR count). The zero-order chi connectivity index (χ0) is 55.2. The van der Waals surface area contributed by atoms with E-state index in [0.29, 0.717) is 43.6 Å². The van der Waals surface area contributed by atoms with Crippen molar-refractivity contribution in [2.45, 2.75) is 215 Å². The van der Waals surface area contributed by atoms with Gasteiger partial charge in [-0.15, -0.1) is 5.10 Å². The molecule has 0 aliphatic carbocycles. The van der Waals surface area contributed by atoms with E-state index in [-0.39, 0.29) is 54.0 Å². The summed E-state index contributed by atoms with van der Waals surface area (Å²) < 4.78 is 99.1. The fourth-order valence-corrected chi connectivity index (χ4v) is 11.9. The lowest BCUT2D eigenvalue weighted by Crippen LogP contribution is -2.59. The first-order valence-electron chi connectivity index (χ1n) is 25.9. The van der Waals surface area contributed by atoms with Gasteiger partial charge in [-0.25, -0.2) is 9.07 Å². The first-order chi connectivity index (χ1) is 34.5. The molecule has 0 radical (unpaired) electrons. The minimum absolute atomic E-state index is 0.00151. The number of hydrogen-bond acceptors (Lipinski definition) is 17. The number of esters is 1. The summed E-state index contributed by atoms with van der Waals surface area (Å²) in [6, 6.07) is 4.01. The minimum atomic E-state index is -4.45. The molecule has 17 nitrogen and oxygen atoms in total. The third-order valence-corrected chi connectivity index (χ3v) is 16.6. The van der Waals surface area contributed by atoms with Crippen molar-refractivity contribution in [2.75, 3.05) is 48.1 Å². The molecule has 424 valence electrons. The van der Waals surface area contributed by atoms with Crippen molar-refractivity contribution < 1.29 is 75.9 Å². The second kappa shape index (κ2) is 25.9. The summed E-state index contributed by atoms with van der Waals surface area (Å²) in [6.45, 7) is 17.7. The van der Waals surface area contributed by atoms with Crippen molar-refractivity contribution in [1.82, 2.24) is 24.8 Å². The average molecular weight is 1080 g/mol. The van der Waals surface area contributed by atoms with Crippen molar-refractivity contribution in [1.29, 1.82) is 0 Å². The Morgan fingerprint density at radius 1 is 0.959 bits per heavy atom. The van der Waals surface area contributed by atoms with E-state index in [0.717, 1.165) is 0 Å². The maximum Gasteiger partial charge on any atom is 0.446 e. The van der Waals surface area contributed by atoms with Crippen LogP contribution in [-0.4, -0.2) is 189 Å². The van der Waals surface area contributed by atoms with Crippen LogP contribution in [-0.2, 0) is 44.4 Å². The number of thioether (sulfide) groups is 1. The predicted molar refractivity (Wildman–Crippen MR) is 269 cm³/mol. The molecule has 0 spiro atoms. The summed E-state index contributed by atoms with van der Waals surface area (Å²) in [6.07, 6.45) is -5.51. The number of nitrogens with zero attached hydrogens (tertiary/aromatic N) is 5. The number of aromatic nitrogens is 3. The standard InChI is InChI=1S/C52H85F4N5O12S/c1-15-40-51(10,66)45(62)33(6)60(12)27-29(2)24-49(8,65)47(31(4)43(32(5)48(64)71-40)72-42-25-50(9,68-14)46(63)34(7)70-42)73-41-23-37(22-30(3)69-41)59(11)21-20-36-28-61(58-57-36)39(26-53)44(67-13)35-16-18-38(19-17-35)74-52(54,55)56/h16-19,28-34,37,39-47,62-63,65-66H,15,20-27H2,1-14H3/t29-,30-,31+,32-,33-,34+,37+,39-,40-,41+,42+,43+,44-,45-,46+,47-,49-,50-,51-/m1/s1. The molecule has 4 heterocycles. The van der Waals surface area contributed by atoms with Crippen LogP contribution in [0.2, 0.25) is 0 Å². The zero-order valence-electron chi connectivity index (χ0n) is 45.7. The van der Waals surface area contributed by atoms with E-state index >= 15 is 0 Å². The van der Waals surface area contributed by atoms with E-state index in [9.17, 15) is 42.8 Å². The molecule has 2 aromatic rings. The highest BCUT2D eigenvalue weighted by Crippen LogP contribution is 2.42. The number of carbonyl (C=O) groups excluding carboxylic acids is 1. The zero-order valence-corrected chi connectivity index (χ0v) is 46.5. The van der Waals surface area contributed by atoms with Crippen LogP contribution in [0.25, 0.3) is 0 Å². The Balaban J connectivity index is 1.40. The van der Waals surface area contributed by atoms with Gasteiger partial charge in [0.05, 0.1) is 47.2 Å². The van der Waals surface area contributed by atoms with E-state index in [1.165, 1.54) is 50.1 Å². The third-order valence-electron chi connectivity index (χ3n) is 15.8. The number of benzene rings is 1. The van der Waals surface area contributed by atoms with Crippen LogP contribution < -0.4 is 0 Å². The molecule has 74 heavy (non-hydrogen) atoms. The molecule has 3 aliphatic rings. The maximum absolute atomic E-state index is 14.7. The second-order valence-corrected chi connectivity index (χ2v) is 23.1. The molecule has 19 atom stereocenters. The molecular formula is C52H85F4N5O12S. The number of ether oxygens (including phenoxy) is 7. The van der Waals surface area contributed by atoms with E-state index in [2.05, 4.69) is 15.2 Å². The molecule has 1 aromatic carbocycles. The average Bonchev–Trinajstić information content (AvgIpc) is 3.80. The van der Waals surface area contributed by atoms with Gasteiger partial charge in [-0.3, -0.25) is 4.79 Å². The Morgan fingerprint density at radius 2 is 1.62 bits per heavy atom. The summed E-state index contributed by atoms with van der Waals surface area (Å²) in [5.74, 6) is -2.69. The van der Waals surface area contributed by atoms with Crippen LogP contribution in [0.4, 0.5) is 17.6 Å². The number of methoxy groups -OCH3 is 2. The summed E-state index contributed by atoms with van der Waals surface area (Å²) in [5, 5.41) is 56.0. The van der Waals surface area contributed by atoms with Crippen molar-refractivity contribution in [3.8, 4) is 0 Å². The Hall–Kier alpha value is -2.58. The first kappa shape index (κ1) is 62.3. The number of aliphatic hydroxyl groups excluding tert-OH is 2. The molecule has 3 aliphatic heterocycles. The normalized spacial score (nSPS) is 38.5. The van der Waals surface area contributed by atoms with Gasteiger partial charge < -0.3 is 63.4 Å². The fourth-order valence-electron chi connectivity index (χ4n) is 11.3. The monoisotopic (exact) mass is 1080 g/mol. The third kappa shape index (κ3) is 15.4. The quantitative estimate of drug-likeness (QED) is 0.0791. The highest BCUT2D eigenvalue weighted by Gasteiger charge is 2.52. The van der Waals surface area contributed by atoms with Crippen molar-refractivity contribution in [2.24, 2.45) is 17.8 Å². The fraction of sp³-hybridized carbons (Fsp3) is 0.827. The molecule has 1 aromatic heterocycles. The van der Waals surface area contributed by atoms with Gasteiger partial charge >= 0.3 is 11.5 Å². The minimum Gasteiger partial charge on any atom is -0.459 e. The van der Waals surface area contributed by atoms with Gasteiger partial charge in [-0.1, -0.05) is 38.1 Å². The van der Waals surface area contributed by atoms with E-state index in [4.69, 9.17) is 33.2 Å². The number of likely N-dealkylation sites (N-methyl/N-ethyl adjacent to an activating group) is 2. The van der Waals surface area contributed by atoms with Crippen molar-refractivity contribution in [3.05, 3.63) is 41.7 Å². The van der Waals surface area contributed by atoms with Gasteiger partial charge in [0, 0.05) is 75.7 Å². The number of alkyl halides is 4. The van der Waals surface area contributed by atoms with Crippen LogP contribution in [0.15, 0.2) is 35.4 Å². The number of hydrogen-bond donors (Lipinski definition) is 4. The van der Waals surface area contributed by atoms with Gasteiger partial charge in [0.25, 0.3) is 0 Å². The van der Waals surface area contributed by atoms with Crippen LogP contribution in [0, 0.1) is 17.8 Å². The highest BCUT2D eigenvalue weighted by atomic mass is 32.2. The first-order valence-corrected chi connectivity index (χ1v) is 26.7. The lowest BCUT2D eigenvalue weighted by molar-refractivity contribution is -0.308. The molecule has 0 amide bonds. The number of rotatable bonds is 16. The maximum atomic E-state index is 14.7. The molecule has 3 saturated heterocycles. The molecule has 0 bridgehead atoms. The molecule has 0 unspecified atom stereocenters. The van der Waals surface area contributed by atoms with Gasteiger partial charge in [0.2, 0.25) is 0 Å². The number of halogens is 4. The van der Waals surface area contributed by atoms with Gasteiger partial charge in [0.15, 0.2) is 12.6 Å². The summed E-state index contributed by atoms with van der Waals surface area (Å²) >= 11 is -0.235. The Morgan fingerprint density at radius 3 is 2.22 bits per heavy atom. The van der Waals surface area contributed by atoms with Gasteiger partial charge in [0.1, 0.15) is 42.7 Å². The van der Waals surface area contributed by atoms with Gasteiger partial charge in [-0.05, 0) is 117 Å². The molecule has 3 fully saturated rings. The van der Waals surface area contributed by atoms with E-state index in [1.807, 2.05) is 39.8 Å². The highest BCUT2D eigenvalue weighted by molar-refractivity contribution is 8.00. The Kier molecular flexibility index (Phi) is 21.8. The SMILES string of the molecule is CC[C@H]1OC(=O)[C@H](C)[C@@H](O[C@H]2C[C@@](C)(OC)[C@@H](O)[C@H](C)O2)[C@H](C)[C@@H](O[C@H]2C[C@@H](N(C)CCc3cn([C@H](CF)[C@H](OC)c4ccc(SC(F)(F)F)cc4)nn3)C[C@@H](C)O2)[C@](C)(O)C[C@@H](C)CN(C)[C@H](C)[C@@H](O)[C@]1(C)O. The summed E-state index contributed by atoms with van der Waals surface area (Å²) in [5.41, 5.74) is -7.86. The lowest BCUT2D eigenvalue weighted by Gasteiger charge is -2.48. The summed E-state index contributed by atoms with van der Waals surface area (Å²) in [7, 11) is 6.71. The number of aliphatic hydroxyl groups is 4. The van der Waals surface area contributed by atoms with Crippen LogP contribution in [0.3, 0.4) is 0 Å². The van der Waals surface area contributed by atoms with Crippen molar-refractivity contribution >= 4 is 17.7 Å². The predicted octanol–water partition coefficient (Wildman–Crippen LogP) is 6.64. The Labute approximate surface area is 439 Å². The van der Waals surface area contributed by atoms with Crippen LogP contribution in [0.5, 0.6) is 0 Å². The lowest BCUT2D eigenvalue weighted by atomic mass is 9.77. The second-order valence-electron chi connectivity index (χ2n) is 22.0. The molecular weight excluding hydrogens is 995 g/mol. The smallest absolute Gasteiger partial charge is 0.446 e. The van der Waals surface area contributed by atoms with Gasteiger partial charge in [-0.2, -0.15) is 13.2 Å². The molecule has 4 N–H and O–H groups in total. The number of carbonyl (C=O) groups is 1. The topological polar surface area (TPSA) is 200 Å². The Bertz CT molecular complexity index is 2060. The molecule has 22 heteroatoms. The summed E-state index contributed by atoms with van der Waals surface area (Å²) in [4.78, 5) is 18.6. The largest absolute Gasteiger partial charge is 0.459 e. The van der Waals surface area contributed by atoms with Crippen molar-refractivity contribution in [3.63, 3.8) is 0 Å². The van der Waals surface area contributed by atoms with Crippen LogP contribution in [0.1, 0.15) is 125 Å². The molecule has 0 saturated carbocycles.